The second-order valence-corrected chi connectivity index (χ2v) is 4.11. The highest BCUT2D eigenvalue weighted by atomic mass is 35.5. The van der Waals surface area contributed by atoms with Crippen molar-refractivity contribution in [1.29, 1.82) is 0 Å². The van der Waals surface area contributed by atoms with Crippen LogP contribution in [0.1, 0.15) is 13.8 Å². The number of amides is 1. The number of benzene rings is 1. The summed E-state index contributed by atoms with van der Waals surface area (Å²) in [6.07, 6.45) is 0. The SMILES string of the molecule is COc1ccc(NC(=O)[C@H](N)C(C)C)cc1F.Cl. The van der Waals surface area contributed by atoms with Crippen LogP contribution in [-0.4, -0.2) is 19.1 Å². The standard InChI is InChI=1S/C12H17FN2O2.ClH/c1-7(2)11(14)12(16)15-8-4-5-10(17-3)9(13)6-8;/h4-7,11H,14H2,1-3H3,(H,15,16);1H/t11-;/m1./s1. The second-order valence-electron chi connectivity index (χ2n) is 4.11. The van der Waals surface area contributed by atoms with Crippen LogP contribution in [0.2, 0.25) is 0 Å². The topological polar surface area (TPSA) is 64.3 Å². The lowest BCUT2D eigenvalue weighted by molar-refractivity contribution is -0.118. The summed E-state index contributed by atoms with van der Waals surface area (Å²) < 4.78 is 18.1. The fourth-order valence-electron chi connectivity index (χ4n) is 1.27. The number of halogens is 2. The zero-order valence-electron chi connectivity index (χ0n) is 10.6. The lowest BCUT2D eigenvalue weighted by Gasteiger charge is -2.15. The Hall–Kier alpha value is -1.33. The number of carbonyl (C=O) groups is 1. The van der Waals surface area contributed by atoms with Crippen molar-refractivity contribution in [3.8, 4) is 5.75 Å². The largest absolute Gasteiger partial charge is 0.494 e. The van der Waals surface area contributed by atoms with E-state index in [1.165, 1.54) is 19.2 Å². The highest BCUT2D eigenvalue weighted by Crippen LogP contribution is 2.20. The van der Waals surface area contributed by atoms with E-state index >= 15 is 0 Å². The van der Waals surface area contributed by atoms with Gasteiger partial charge in [-0.25, -0.2) is 4.39 Å². The van der Waals surface area contributed by atoms with Gasteiger partial charge in [-0.1, -0.05) is 13.8 Å². The summed E-state index contributed by atoms with van der Waals surface area (Å²) in [4.78, 5) is 11.6. The number of carbonyl (C=O) groups excluding carboxylic acids is 1. The van der Waals surface area contributed by atoms with Gasteiger partial charge in [-0.05, 0) is 18.1 Å². The van der Waals surface area contributed by atoms with Crippen LogP contribution in [-0.2, 0) is 4.79 Å². The smallest absolute Gasteiger partial charge is 0.241 e. The first-order valence-electron chi connectivity index (χ1n) is 5.35. The summed E-state index contributed by atoms with van der Waals surface area (Å²) in [5.41, 5.74) is 6.04. The van der Waals surface area contributed by atoms with Gasteiger partial charge in [0, 0.05) is 11.8 Å². The third-order valence-electron chi connectivity index (χ3n) is 2.44. The molecule has 18 heavy (non-hydrogen) atoms. The van der Waals surface area contributed by atoms with E-state index in [2.05, 4.69) is 5.32 Å². The van der Waals surface area contributed by atoms with Crippen LogP contribution in [0.3, 0.4) is 0 Å². The van der Waals surface area contributed by atoms with Crippen LogP contribution in [0, 0.1) is 11.7 Å². The third kappa shape index (κ3) is 4.16. The van der Waals surface area contributed by atoms with Gasteiger partial charge >= 0.3 is 0 Å². The molecule has 1 aromatic rings. The molecule has 0 spiro atoms. The molecule has 102 valence electrons. The van der Waals surface area contributed by atoms with Crippen molar-refractivity contribution in [2.75, 3.05) is 12.4 Å². The van der Waals surface area contributed by atoms with Gasteiger partial charge in [0.2, 0.25) is 5.91 Å². The normalized spacial score (nSPS) is 11.7. The molecule has 0 aromatic heterocycles. The molecule has 0 aliphatic carbocycles. The predicted molar refractivity (Wildman–Crippen MR) is 71.6 cm³/mol. The van der Waals surface area contributed by atoms with Gasteiger partial charge in [0.1, 0.15) is 0 Å². The average Bonchev–Trinajstić information content (AvgIpc) is 2.28. The van der Waals surface area contributed by atoms with Gasteiger partial charge < -0.3 is 15.8 Å². The molecular weight excluding hydrogens is 259 g/mol. The van der Waals surface area contributed by atoms with E-state index in [1.807, 2.05) is 13.8 Å². The molecular formula is C12H18ClFN2O2. The van der Waals surface area contributed by atoms with Gasteiger partial charge in [0.25, 0.3) is 0 Å². The average molecular weight is 277 g/mol. The Morgan fingerprint density at radius 1 is 1.44 bits per heavy atom. The molecule has 1 aromatic carbocycles. The van der Waals surface area contributed by atoms with Crippen LogP contribution >= 0.6 is 12.4 Å². The molecule has 6 heteroatoms. The van der Waals surface area contributed by atoms with E-state index in [0.717, 1.165) is 0 Å². The van der Waals surface area contributed by atoms with Crippen molar-refractivity contribution < 1.29 is 13.9 Å². The fourth-order valence-corrected chi connectivity index (χ4v) is 1.27. The van der Waals surface area contributed by atoms with Crippen molar-refractivity contribution >= 4 is 24.0 Å². The molecule has 0 fully saturated rings. The first kappa shape index (κ1) is 16.7. The number of anilines is 1. The highest BCUT2D eigenvalue weighted by Gasteiger charge is 2.17. The van der Waals surface area contributed by atoms with Crippen LogP contribution in [0.5, 0.6) is 5.75 Å². The molecule has 0 unspecified atom stereocenters. The molecule has 0 heterocycles. The Kier molecular flexibility index (Phi) is 6.65. The summed E-state index contributed by atoms with van der Waals surface area (Å²) in [7, 11) is 1.38. The third-order valence-corrected chi connectivity index (χ3v) is 2.44. The molecule has 0 aliphatic heterocycles. The van der Waals surface area contributed by atoms with E-state index in [0.29, 0.717) is 5.69 Å². The minimum atomic E-state index is -0.611. The van der Waals surface area contributed by atoms with Gasteiger partial charge in [-0.15, -0.1) is 12.4 Å². The molecule has 3 N–H and O–H groups in total. The van der Waals surface area contributed by atoms with Gasteiger partial charge in [0.15, 0.2) is 11.6 Å². The van der Waals surface area contributed by atoms with E-state index in [1.54, 1.807) is 6.07 Å². The Bertz CT molecular complexity index is 413. The van der Waals surface area contributed by atoms with Crippen molar-refractivity contribution in [3.05, 3.63) is 24.0 Å². The van der Waals surface area contributed by atoms with Gasteiger partial charge in [-0.2, -0.15) is 0 Å². The zero-order valence-corrected chi connectivity index (χ0v) is 11.4. The maximum absolute atomic E-state index is 13.4. The first-order valence-corrected chi connectivity index (χ1v) is 5.35. The maximum Gasteiger partial charge on any atom is 0.241 e. The lowest BCUT2D eigenvalue weighted by Crippen LogP contribution is -2.39. The molecule has 0 saturated heterocycles. The molecule has 4 nitrogen and oxygen atoms in total. The Labute approximate surface area is 112 Å². The summed E-state index contributed by atoms with van der Waals surface area (Å²) >= 11 is 0. The maximum atomic E-state index is 13.4. The van der Waals surface area contributed by atoms with E-state index in [-0.39, 0.29) is 30.0 Å². The molecule has 0 radical (unpaired) electrons. The van der Waals surface area contributed by atoms with Crippen LogP contribution in [0.15, 0.2) is 18.2 Å². The fraction of sp³-hybridized carbons (Fsp3) is 0.417. The number of ether oxygens (including phenoxy) is 1. The Balaban J connectivity index is 0.00000289. The quantitative estimate of drug-likeness (QED) is 0.886. The number of nitrogens with two attached hydrogens (primary N) is 1. The summed E-state index contributed by atoms with van der Waals surface area (Å²) in [6.45, 7) is 3.69. The molecule has 1 rings (SSSR count). The number of nitrogens with one attached hydrogen (secondary N) is 1. The van der Waals surface area contributed by atoms with Gasteiger partial charge in [0.05, 0.1) is 13.2 Å². The summed E-state index contributed by atoms with van der Waals surface area (Å²) in [5.74, 6) is -0.692. The highest BCUT2D eigenvalue weighted by molar-refractivity contribution is 5.94. The van der Waals surface area contributed by atoms with Crippen molar-refractivity contribution in [1.82, 2.24) is 0 Å². The molecule has 0 saturated carbocycles. The van der Waals surface area contributed by atoms with Crippen LogP contribution in [0.25, 0.3) is 0 Å². The minimum absolute atomic E-state index is 0. The Morgan fingerprint density at radius 2 is 2.06 bits per heavy atom. The molecule has 0 bridgehead atoms. The van der Waals surface area contributed by atoms with E-state index < -0.39 is 11.9 Å². The Morgan fingerprint density at radius 3 is 2.50 bits per heavy atom. The van der Waals surface area contributed by atoms with Crippen molar-refractivity contribution in [2.24, 2.45) is 11.7 Å². The summed E-state index contributed by atoms with van der Waals surface area (Å²) in [6, 6.07) is 3.60. The molecule has 1 amide bonds. The molecule has 0 aliphatic rings. The first-order chi connectivity index (χ1) is 7.95. The minimum Gasteiger partial charge on any atom is -0.494 e. The predicted octanol–water partition coefficient (Wildman–Crippen LogP) is 2.18. The number of hydrogen-bond acceptors (Lipinski definition) is 3. The number of hydrogen-bond donors (Lipinski definition) is 2. The number of methoxy groups -OCH3 is 1. The van der Waals surface area contributed by atoms with Crippen LogP contribution in [0.4, 0.5) is 10.1 Å². The second kappa shape index (κ2) is 7.18. The van der Waals surface area contributed by atoms with Crippen molar-refractivity contribution in [2.45, 2.75) is 19.9 Å². The molecule has 1 atom stereocenters. The van der Waals surface area contributed by atoms with Gasteiger partial charge in [-0.3, -0.25) is 4.79 Å². The zero-order chi connectivity index (χ0) is 13.0. The number of rotatable bonds is 4. The monoisotopic (exact) mass is 276 g/mol. The lowest BCUT2D eigenvalue weighted by atomic mass is 10.0. The summed E-state index contributed by atoms with van der Waals surface area (Å²) in [5, 5.41) is 2.56. The van der Waals surface area contributed by atoms with Crippen molar-refractivity contribution in [3.63, 3.8) is 0 Å². The van der Waals surface area contributed by atoms with E-state index in [4.69, 9.17) is 10.5 Å². The van der Waals surface area contributed by atoms with Crippen LogP contribution < -0.4 is 15.8 Å². The van der Waals surface area contributed by atoms with E-state index in [9.17, 15) is 9.18 Å².